The highest BCUT2D eigenvalue weighted by molar-refractivity contribution is 7.10. The van der Waals surface area contributed by atoms with E-state index in [1.165, 1.54) is 11.2 Å². The van der Waals surface area contributed by atoms with Crippen LogP contribution in [0.15, 0.2) is 42.4 Å². The topological polar surface area (TPSA) is 55.6 Å². The molecule has 0 radical (unpaired) electrons. The van der Waals surface area contributed by atoms with Crippen LogP contribution in [-0.2, 0) is 6.54 Å². The third-order valence-corrected chi connectivity index (χ3v) is 3.78. The molecule has 3 aromatic rings. The van der Waals surface area contributed by atoms with Crippen LogP contribution in [0.2, 0.25) is 5.02 Å². The fraction of sp³-hybridized carbons (Fsp3) is 0.0833. The highest BCUT2D eigenvalue weighted by atomic mass is 35.5. The maximum absolute atomic E-state index is 5.90. The Balaban J connectivity index is 1.81. The average molecular weight is 292 g/mol. The Bertz CT molecular complexity index is 664. The first kappa shape index (κ1) is 12.1. The van der Waals surface area contributed by atoms with Crippen molar-refractivity contribution < 1.29 is 0 Å². The molecule has 5 nitrogen and oxygen atoms in total. The van der Waals surface area contributed by atoms with Crippen molar-refractivity contribution in [2.24, 2.45) is 0 Å². The summed E-state index contributed by atoms with van der Waals surface area (Å²) in [6, 6.07) is 5.79. The lowest BCUT2D eigenvalue weighted by atomic mass is 10.3. The Morgan fingerprint density at radius 3 is 3.11 bits per heavy atom. The fourth-order valence-corrected chi connectivity index (χ4v) is 2.68. The lowest BCUT2D eigenvalue weighted by molar-refractivity contribution is 0.845. The molecule has 0 aliphatic carbocycles. The second-order valence-corrected chi connectivity index (χ2v) is 5.23. The van der Waals surface area contributed by atoms with Gasteiger partial charge in [0, 0.05) is 23.0 Å². The van der Waals surface area contributed by atoms with E-state index in [1.54, 1.807) is 28.5 Å². The van der Waals surface area contributed by atoms with Crippen LogP contribution in [0.1, 0.15) is 4.88 Å². The first-order chi connectivity index (χ1) is 9.33. The summed E-state index contributed by atoms with van der Waals surface area (Å²) in [7, 11) is 0. The Kier molecular flexibility index (Phi) is 3.43. The molecule has 19 heavy (non-hydrogen) atoms. The molecule has 1 N–H and O–H groups in total. The predicted octanol–water partition coefficient (Wildman–Crippen LogP) is 2.99. The zero-order valence-electron chi connectivity index (χ0n) is 9.82. The molecule has 0 aromatic carbocycles. The maximum atomic E-state index is 5.90. The predicted molar refractivity (Wildman–Crippen MR) is 75.8 cm³/mol. The highest BCUT2D eigenvalue weighted by Crippen LogP contribution is 2.22. The van der Waals surface area contributed by atoms with E-state index in [0.29, 0.717) is 6.54 Å². The van der Waals surface area contributed by atoms with Gasteiger partial charge >= 0.3 is 0 Å². The lowest BCUT2D eigenvalue weighted by Gasteiger charge is -2.09. The van der Waals surface area contributed by atoms with Crippen LogP contribution in [0.25, 0.3) is 5.82 Å². The Morgan fingerprint density at radius 2 is 2.37 bits per heavy atom. The van der Waals surface area contributed by atoms with Gasteiger partial charge in [-0.05, 0) is 18.2 Å². The van der Waals surface area contributed by atoms with Crippen molar-refractivity contribution in [3.63, 3.8) is 0 Å². The van der Waals surface area contributed by atoms with Crippen LogP contribution in [0, 0.1) is 0 Å². The van der Waals surface area contributed by atoms with Crippen molar-refractivity contribution in [2.75, 3.05) is 5.32 Å². The second kappa shape index (κ2) is 5.38. The average Bonchev–Trinajstić information content (AvgIpc) is 3.08. The molecular formula is C12H10ClN5S. The summed E-state index contributed by atoms with van der Waals surface area (Å²) in [6.07, 6.45) is 4.83. The van der Waals surface area contributed by atoms with Gasteiger partial charge in [-0.25, -0.2) is 14.6 Å². The van der Waals surface area contributed by atoms with Crippen molar-refractivity contribution in [2.45, 2.75) is 6.54 Å². The highest BCUT2D eigenvalue weighted by Gasteiger charge is 2.06. The summed E-state index contributed by atoms with van der Waals surface area (Å²) in [5.41, 5.74) is 0.900. The second-order valence-electron chi connectivity index (χ2n) is 3.80. The maximum Gasteiger partial charge on any atom is 0.178 e. The van der Waals surface area contributed by atoms with Gasteiger partial charge in [0.05, 0.1) is 10.7 Å². The number of thiophene rings is 1. The molecular weight excluding hydrogens is 282 g/mol. The smallest absolute Gasteiger partial charge is 0.178 e. The van der Waals surface area contributed by atoms with E-state index < -0.39 is 0 Å². The van der Waals surface area contributed by atoms with E-state index in [1.807, 2.05) is 23.6 Å². The van der Waals surface area contributed by atoms with Crippen LogP contribution >= 0.6 is 22.9 Å². The SMILES string of the molecule is Clc1csc(CNc2cccnc2-n2cncn2)c1. The van der Waals surface area contributed by atoms with Crippen LogP contribution in [0.4, 0.5) is 5.69 Å². The summed E-state index contributed by atoms with van der Waals surface area (Å²) in [5.74, 6) is 0.725. The van der Waals surface area contributed by atoms with Gasteiger partial charge in [-0.2, -0.15) is 5.10 Å². The van der Waals surface area contributed by atoms with Crippen molar-refractivity contribution >= 4 is 28.6 Å². The van der Waals surface area contributed by atoms with E-state index in [0.717, 1.165) is 16.5 Å². The van der Waals surface area contributed by atoms with Gasteiger partial charge in [0.2, 0.25) is 0 Å². The normalized spacial score (nSPS) is 10.6. The fourth-order valence-electron chi connectivity index (χ4n) is 1.66. The van der Waals surface area contributed by atoms with Gasteiger partial charge in [0.25, 0.3) is 0 Å². The van der Waals surface area contributed by atoms with E-state index in [9.17, 15) is 0 Å². The summed E-state index contributed by atoms with van der Waals surface area (Å²) >= 11 is 7.53. The minimum absolute atomic E-state index is 0.699. The molecule has 0 bridgehead atoms. The van der Waals surface area contributed by atoms with E-state index in [4.69, 9.17) is 11.6 Å². The summed E-state index contributed by atoms with van der Waals surface area (Å²) in [4.78, 5) is 9.41. The van der Waals surface area contributed by atoms with Gasteiger partial charge in [-0.1, -0.05) is 11.6 Å². The first-order valence-corrected chi connectivity index (χ1v) is 6.85. The molecule has 3 rings (SSSR count). The van der Waals surface area contributed by atoms with Crippen LogP contribution < -0.4 is 5.32 Å². The van der Waals surface area contributed by atoms with E-state index in [2.05, 4.69) is 20.4 Å². The standard InChI is InChI=1S/C12H10ClN5S/c13-9-4-10(19-6-9)5-16-11-2-1-3-15-12(11)18-8-14-7-17-18/h1-4,6-8,16H,5H2. The Hall–Kier alpha value is -1.92. The number of pyridine rings is 1. The molecule has 0 saturated carbocycles. The summed E-state index contributed by atoms with van der Waals surface area (Å²) in [5, 5.41) is 10.1. The van der Waals surface area contributed by atoms with Crippen molar-refractivity contribution in [3.8, 4) is 5.82 Å². The van der Waals surface area contributed by atoms with Crippen molar-refractivity contribution in [1.82, 2.24) is 19.7 Å². The number of halogens is 1. The molecule has 0 spiro atoms. The third-order valence-electron chi connectivity index (χ3n) is 2.50. The Morgan fingerprint density at radius 1 is 1.42 bits per heavy atom. The summed E-state index contributed by atoms with van der Waals surface area (Å²) in [6.45, 7) is 0.699. The largest absolute Gasteiger partial charge is 0.377 e. The van der Waals surface area contributed by atoms with E-state index >= 15 is 0 Å². The molecule has 0 aliphatic rings. The number of hydrogen-bond acceptors (Lipinski definition) is 5. The number of rotatable bonds is 4. The number of aromatic nitrogens is 4. The van der Waals surface area contributed by atoms with Crippen LogP contribution in [0.3, 0.4) is 0 Å². The molecule has 0 aliphatic heterocycles. The molecule has 0 saturated heterocycles. The van der Waals surface area contributed by atoms with E-state index in [-0.39, 0.29) is 0 Å². The molecule has 0 atom stereocenters. The quantitative estimate of drug-likeness (QED) is 0.803. The minimum Gasteiger partial charge on any atom is -0.377 e. The number of anilines is 1. The van der Waals surface area contributed by atoms with Gasteiger partial charge in [-0.15, -0.1) is 11.3 Å². The molecule has 3 aromatic heterocycles. The first-order valence-electron chi connectivity index (χ1n) is 5.60. The number of hydrogen-bond donors (Lipinski definition) is 1. The molecule has 0 fully saturated rings. The summed E-state index contributed by atoms with van der Waals surface area (Å²) < 4.78 is 1.63. The van der Waals surface area contributed by atoms with Gasteiger partial charge in [0.15, 0.2) is 5.82 Å². The monoisotopic (exact) mass is 291 g/mol. The molecule has 7 heteroatoms. The van der Waals surface area contributed by atoms with Crippen molar-refractivity contribution in [3.05, 3.63) is 52.3 Å². The molecule has 0 unspecified atom stereocenters. The lowest BCUT2D eigenvalue weighted by Crippen LogP contribution is -2.05. The van der Waals surface area contributed by atoms with Crippen LogP contribution in [0.5, 0.6) is 0 Å². The molecule has 0 amide bonds. The van der Waals surface area contributed by atoms with Crippen LogP contribution in [-0.4, -0.2) is 19.7 Å². The van der Waals surface area contributed by atoms with Crippen molar-refractivity contribution in [1.29, 1.82) is 0 Å². The zero-order chi connectivity index (χ0) is 13.1. The van der Waals surface area contributed by atoms with Gasteiger partial charge < -0.3 is 5.32 Å². The number of nitrogens with one attached hydrogen (secondary N) is 1. The molecule has 96 valence electrons. The molecule has 3 heterocycles. The van der Waals surface area contributed by atoms with Gasteiger partial charge in [-0.3, -0.25) is 0 Å². The Labute approximate surface area is 118 Å². The zero-order valence-corrected chi connectivity index (χ0v) is 11.4. The third kappa shape index (κ3) is 2.74. The van der Waals surface area contributed by atoms with Gasteiger partial charge in [0.1, 0.15) is 12.7 Å². The number of nitrogens with zero attached hydrogens (tertiary/aromatic N) is 4. The minimum atomic E-state index is 0.699.